The van der Waals surface area contributed by atoms with E-state index in [0.29, 0.717) is 0 Å². The molecule has 0 aliphatic rings. The van der Waals surface area contributed by atoms with Crippen LogP contribution in [0.2, 0.25) is 0 Å². The van der Waals surface area contributed by atoms with Crippen LogP contribution in [-0.2, 0) is 5.41 Å². The first-order valence-electron chi connectivity index (χ1n) is 9.69. The van der Waals surface area contributed by atoms with Gasteiger partial charge in [-0.2, -0.15) is 0 Å². The van der Waals surface area contributed by atoms with Crippen molar-refractivity contribution < 1.29 is 4.74 Å². The van der Waals surface area contributed by atoms with Gasteiger partial charge in [-0.25, -0.2) is 0 Å². The molecule has 1 aromatic rings. The molecular weight excluding hydrogens is 280 g/mol. The van der Waals surface area contributed by atoms with E-state index in [2.05, 4.69) is 52.0 Å². The Morgan fingerprint density at radius 2 is 1.39 bits per heavy atom. The third kappa shape index (κ3) is 9.69. The maximum Gasteiger partial charge on any atom is 0.127 e. The minimum absolute atomic E-state index is 0.186. The van der Waals surface area contributed by atoms with E-state index in [1.54, 1.807) is 0 Å². The van der Waals surface area contributed by atoms with Crippen molar-refractivity contribution in [3.8, 4) is 5.75 Å². The van der Waals surface area contributed by atoms with Gasteiger partial charge in [-0.3, -0.25) is 0 Å². The molecule has 0 saturated carbocycles. The first-order chi connectivity index (χ1) is 11.0. The molecule has 1 nitrogen and oxygen atoms in total. The van der Waals surface area contributed by atoms with Crippen LogP contribution in [0.1, 0.15) is 97.5 Å². The Balaban J connectivity index is 1.99. The zero-order valence-corrected chi connectivity index (χ0v) is 15.9. The van der Waals surface area contributed by atoms with Crippen LogP contribution < -0.4 is 4.74 Å². The zero-order valence-electron chi connectivity index (χ0n) is 15.9. The van der Waals surface area contributed by atoms with Gasteiger partial charge in [0.05, 0.1) is 6.61 Å². The van der Waals surface area contributed by atoms with Crippen LogP contribution in [0, 0.1) is 6.07 Å². The molecule has 0 aliphatic heterocycles. The summed E-state index contributed by atoms with van der Waals surface area (Å²) in [6, 6.07) is 9.53. The van der Waals surface area contributed by atoms with E-state index in [4.69, 9.17) is 4.74 Å². The van der Waals surface area contributed by atoms with Gasteiger partial charge in [-0.1, -0.05) is 91.5 Å². The fourth-order valence-corrected chi connectivity index (χ4v) is 2.74. The lowest BCUT2D eigenvalue weighted by atomic mass is 9.87. The molecule has 0 unspecified atom stereocenters. The van der Waals surface area contributed by atoms with Crippen LogP contribution in [0.3, 0.4) is 0 Å². The van der Waals surface area contributed by atoms with Crippen molar-refractivity contribution in [3.05, 3.63) is 29.8 Å². The smallest absolute Gasteiger partial charge is 0.127 e. The van der Waals surface area contributed by atoms with Crippen LogP contribution in [0.4, 0.5) is 0 Å². The molecule has 0 aromatic heterocycles. The topological polar surface area (TPSA) is 9.23 Å². The molecule has 131 valence electrons. The standard InChI is InChI=1S/C22H37O/c1-5-6-7-8-9-10-11-12-13-14-19-23-21-17-15-20(16-18-21)22(2,3)4/h15-17H,5-14,19H2,1-4H3. The Morgan fingerprint density at radius 3 is 1.87 bits per heavy atom. The van der Waals surface area contributed by atoms with Crippen molar-refractivity contribution in [3.63, 3.8) is 0 Å². The van der Waals surface area contributed by atoms with Gasteiger partial charge in [-0.15, -0.1) is 0 Å². The van der Waals surface area contributed by atoms with Crippen molar-refractivity contribution >= 4 is 0 Å². The predicted molar refractivity (Wildman–Crippen MR) is 101 cm³/mol. The van der Waals surface area contributed by atoms with Gasteiger partial charge in [0.25, 0.3) is 0 Å². The second-order valence-electron chi connectivity index (χ2n) is 7.72. The summed E-state index contributed by atoms with van der Waals surface area (Å²) < 4.78 is 5.79. The second-order valence-corrected chi connectivity index (χ2v) is 7.72. The lowest BCUT2D eigenvalue weighted by molar-refractivity contribution is 0.303. The molecule has 0 atom stereocenters. The molecule has 23 heavy (non-hydrogen) atoms. The van der Waals surface area contributed by atoms with Gasteiger partial charge in [-0.05, 0) is 29.5 Å². The number of benzene rings is 1. The number of ether oxygens (including phenoxy) is 1. The first kappa shape index (κ1) is 20.1. The van der Waals surface area contributed by atoms with Crippen LogP contribution in [0.25, 0.3) is 0 Å². The Bertz CT molecular complexity index is 385. The number of unbranched alkanes of at least 4 members (excludes halogenated alkanes) is 9. The van der Waals surface area contributed by atoms with E-state index in [1.807, 2.05) is 0 Å². The van der Waals surface area contributed by atoms with Crippen molar-refractivity contribution in [1.29, 1.82) is 0 Å². The minimum Gasteiger partial charge on any atom is -0.493 e. The summed E-state index contributed by atoms with van der Waals surface area (Å²) in [6.07, 6.45) is 13.6. The van der Waals surface area contributed by atoms with Crippen LogP contribution >= 0.6 is 0 Å². The Hall–Kier alpha value is -0.980. The van der Waals surface area contributed by atoms with Gasteiger partial charge in [0, 0.05) is 6.07 Å². The molecule has 1 aromatic carbocycles. The van der Waals surface area contributed by atoms with E-state index in [1.165, 1.54) is 63.4 Å². The van der Waals surface area contributed by atoms with E-state index >= 15 is 0 Å². The molecule has 1 rings (SSSR count). The van der Waals surface area contributed by atoms with Crippen molar-refractivity contribution in [2.24, 2.45) is 0 Å². The maximum absolute atomic E-state index is 5.79. The Morgan fingerprint density at radius 1 is 0.826 bits per heavy atom. The highest BCUT2D eigenvalue weighted by molar-refractivity contribution is 5.29. The van der Waals surface area contributed by atoms with E-state index in [0.717, 1.165) is 18.8 Å². The molecule has 0 saturated heterocycles. The molecule has 1 radical (unpaired) electrons. The summed E-state index contributed by atoms with van der Waals surface area (Å²) in [6.45, 7) is 9.77. The molecule has 0 fully saturated rings. The lowest BCUT2D eigenvalue weighted by Crippen LogP contribution is -2.10. The van der Waals surface area contributed by atoms with Gasteiger partial charge < -0.3 is 4.74 Å². The Kier molecular flexibility index (Phi) is 10.1. The summed E-state index contributed by atoms with van der Waals surface area (Å²) in [5.74, 6) is 0.883. The predicted octanol–water partition coefficient (Wildman–Crippen LogP) is 7.08. The van der Waals surface area contributed by atoms with Crippen LogP contribution in [0.5, 0.6) is 5.75 Å². The summed E-state index contributed by atoms with van der Waals surface area (Å²) >= 11 is 0. The van der Waals surface area contributed by atoms with Crippen molar-refractivity contribution in [2.45, 2.75) is 97.3 Å². The summed E-state index contributed by atoms with van der Waals surface area (Å²) in [7, 11) is 0. The average molecular weight is 318 g/mol. The minimum atomic E-state index is 0.186. The molecule has 0 heterocycles. The normalized spacial score (nSPS) is 11.7. The molecule has 1 heteroatoms. The quantitative estimate of drug-likeness (QED) is 0.374. The second kappa shape index (κ2) is 11.5. The van der Waals surface area contributed by atoms with Crippen LogP contribution in [0.15, 0.2) is 18.2 Å². The highest BCUT2D eigenvalue weighted by Gasteiger charge is 2.12. The zero-order chi connectivity index (χ0) is 17.0. The average Bonchev–Trinajstić information content (AvgIpc) is 2.52. The first-order valence-corrected chi connectivity index (χ1v) is 9.69. The summed E-state index contributed by atoms with van der Waals surface area (Å²) in [5, 5.41) is 0. The molecule has 0 bridgehead atoms. The van der Waals surface area contributed by atoms with Crippen molar-refractivity contribution in [2.75, 3.05) is 6.61 Å². The summed E-state index contributed by atoms with van der Waals surface area (Å²) in [5.41, 5.74) is 1.50. The lowest BCUT2D eigenvalue weighted by Gasteiger charge is -2.19. The van der Waals surface area contributed by atoms with Gasteiger partial charge >= 0.3 is 0 Å². The van der Waals surface area contributed by atoms with E-state index < -0.39 is 0 Å². The molecule has 0 spiro atoms. The maximum atomic E-state index is 5.79. The Labute approximate surface area is 144 Å². The summed E-state index contributed by atoms with van der Waals surface area (Å²) in [4.78, 5) is 0. The number of rotatable bonds is 12. The highest BCUT2D eigenvalue weighted by atomic mass is 16.5. The van der Waals surface area contributed by atoms with Gasteiger partial charge in [0.1, 0.15) is 5.75 Å². The number of hydrogen-bond acceptors (Lipinski definition) is 1. The fraction of sp³-hybridized carbons (Fsp3) is 0.727. The fourth-order valence-electron chi connectivity index (χ4n) is 2.74. The highest BCUT2D eigenvalue weighted by Crippen LogP contribution is 2.24. The third-order valence-electron chi connectivity index (χ3n) is 4.41. The molecular formula is C22H37O. The van der Waals surface area contributed by atoms with Crippen LogP contribution in [-0.4, -0.2) is 6.61 Å². The largest absolute Gasteiger partial charge is 0.493 e. The molecule has 0 aliphatic carbocycles. The van der Waals surface area contributed by atoms with Gasteiger partial charge in [0.2, 0.25) is 0 Å². The van der Waals surface area contributed by atoms with E-state index in [9.17, 15) is 0 Å². The third-order valence-corrected chi connectivity index (χ3v) is 4.41. The number of hydrogen-bond donors (Lipinski definition) is 0. The molecule has 0 amide bonds. The molecule has 0 N–H and O–H groups in total. The SMILES string of the molecule is CCCCCCCCCCCCOc1[c]cc(C(C)(C)C)cc1. The monoisotopic (exact) mass is 317 g/mol. The van der Waals surface area contributed by atoms with E-state index in [-0.39, 0.29) is 5.41 Å². The van der Waals surface area contributed by atoms with Crippen molar-refractivity contribution in [1.82, 2.24) is 0 Å². The van der Waals surface area contributed by atoms with Gasteiger partial charge in [0.15, 0.2) is 0 Å².